The molecule has 2 fully saturated rings. The molecule has 3 unspecified atom stereocenters. The Bertz CT molecular complexity index is 169. The fourth-order valence-electron chi connectivity index (χ4n) is 3.03. The Morgan fingerprint density at radius 2 is 2.08 bits per heavy atom. The monoisotopic (exact) mass is 182 g/mol. The average Bonchev–Trinajstić information content (AvgIpc) is 2.16. The summed E-state index contributed by atoms with van der Waals surface area (Å²) in [5, 5.41) is 0. The van der Waals surface area contributed by atoms with Crippen molar-refractivity contribution in [2.75, 3.05) is 19.6 Å². The van der Waals surface area contributed by atoms with Crippen LogP contribution in [0.3, 0.4) is 0 Å². The van der Waals surface area contributed by atoms with Gasteiger partial charge in [0.05, 0.1) is 0 Å². The zero-order valence-electron chi connectivity index (χ0n) is 8.71. The van der Waals surface area contributed by atoms with Gasteiger partial charge in [0, 0.05) is 12.6 Å². The molecule has 1 heterocycles. The van der Waals surface area contributed by atoms with Crippen LogP contribution in [0.1, 0.15) is 32.6 Å². The standard InChI is InChI=1S/C11H22N2/c1-2-13-6-5-9-3-4-11(12)7-10(9)8-13/h9-11H,2-8,12H2,1H3. The highest BCUT2D eigenvalue weighted by molar-refractivity contribution is 4.87. The van der Waals surface area contributed by atoms with Crippen LogP contribution in [0.4, 0.5) is 0 Å². The second kappa shape index (κ2) is 3.97. The van der Waals surface area contributed by atoms with E-state index in [1.807, 2.05) is 0 Å². The molecule has 0 aromatic heterocycles. The molecule has 0 bridgehead atoms. The summed E-state index contributed by atoms with van der Waals surface area (Å²) < 4.78 is 0. The van der Waals surface area contributed by atoms with Crippen molar-refractivity contribution < 1.29 is 0 Å². The van der Waals surface area contributed by atoms with Gasteiger partial charge in [-0.1, -0.05) is 6.92 Å². The molecule has 0 amide bonds. The smallest absolute Gasteiger partial charge is 0.00421 e. The maximum absolute atomic E-state index is 6.01. The van der Waals surface area contributed by atoms with E-state index in [1.165, 1.54) is 45.3 Å². The maximum Gasteiger partial charge on any atom is 0.00421 e. The SMILES string of the molecule is CCN1CCC2CCC(N)CC2C1. The van der Waals surface area contributed by atoms with Crippen LogP contribution in [0.15, 0.2) is 0 Å². The number of nitrogens with zero attached hydrogens (tertiary/aromatic N) is 1. The molecule has 1 aliphatic carbocycles. The van der Waals surface area contributed by atoms with Crippen molar-refractivity contribution in [1.82, 2.24) is 4.90 Å². The average molecular weight is 182 g/mol. The van der Waals surface area contributed by atoms with E-state index in [0.717, 1.165) is 11.8 Å². The first-order chi connectivity index (χ1) is 6.29. The lowest BCUT2D eigenvalue weighted by atomic mass is 9.73. The normalized spacial score (nSPS) is 41.5. The molecule has 1 saturated carbocycles. The largest absolute Gasteiger partial charge is 0.328 e. The Morgan fingerprint density at radius 3 is 2.85 bits per heavy atom. The van der Waals surface area contributed by atoms with Crippen LogP contribution < -0.4 is 5.73 Å². The van der Waals surface area contributed by atoms with Gasteiger partial charge >= 0.3 is 0 Å². The number of hydrogen-bond donors (Lipinski definition) is 1. The van der Waals surface area contributed by atoms with E-state index in [-0.39, 0.29) is 0 Å². The van der Waals surface area contributed by atoms with Crippen molar-refractivity contribution in [3.63, 3.8) is 0 Å². The topological polar surface area (TPSA) is 29.3 Å². The van der Waals surface area contributed by atoms with Crippen molar-refractivity contribution in [3.05, 3.63) is 0 Å². The summed E-state index contributed by atoms with van der Waals surface area (Å²) in [5.41, 5.74) is 6.01. The molecule has 13 heavy (non-hydrogen) atoms. The first-order valence-electron chi connectivity index (χ1n) is 5.77. The minimum atomic E-state index is 0.498. The van der Waals surface area contributed by atoms with Gasteiger partial charge in [-0.3, -0.25) is 0 Å². The number of likely N-dealkylation sites (tertiary alicyclic amines) is 1. The second-order valence-electron chi connectivity index (χ2n) is 4.78. The molecule has 2 aliphatic rings. The van der Waals surface area contributed by atoms with E-state index in [1.54, 1.807) is 0 Å². The molecule has 2 nitrogen and oxygen atoms in total. The molecule has 0 aromatic rings. The minimum absolute atomic E-state index is 0.498. The van der Waals surface area contributed by atoms with Gasteiger partial charge < -0.3 is 10.6 Å². The zero-order chi connectivity index (χ0) is 9.26. The Balaban J connectivity index is 1.91. The van der Waals surface area contributed by atoms with Crippen molar-refractivity contribution in [2.45, 2.75) is 38.6 Å². The van der Waals surface area contributed by atoms with E-state index in [2.05, 4.69) is 11.8 Å². The molecular weight excluding hydrogens is 160 g/mol. The third-order valence-electron chi connectivity index (χ3n) is 3.94. The van der Waals surface area contributed by atoms with E-state index < -0.39 is 0 Å². The summed E-state index contributed by atoms with van der Waals surface area (Å²) in [6.07, 6.45) is 5.36. The lowest BCUT2D eigenvalue weighted by Gasteiger charge is -2.42. The number of fused-ring (bicyclic) bond motifs is 1. The van der Waals surface area contributed by atoms with Crippen LogP contribution in [-0.2, 0) is 0 Å². The van der Waals surface area contributed by atoms with Gasteiger partial charge in [-0.05, 0) is 50.6 Å². The van der Waals surface area contributed by atoms with Gasteiger partial charge in [0.1, 0.15) is 0 Å². The number of piperidine rings is 1. The first-order valence-corrected chi connectivity index (χ1v) is 5.77. The van der Waals surface area contributed by atoms with E-state index in [9.17, 15) is 0 Å². The molecule has 2 rings (SSSR count). The highest BCUT2D eigenvalue weighted by atomic mass is 15.1. The summed E-state index contributed by atoms with van der Waals surface area (Å²) in [5.74, 6) is 1.92. The van der Waals surface area contributed by atoms with Crippen LogP contribution >= 0.6 is 0 Å². The van der Waals surface area contributed by atoms with Crippen molar-refractivity contribution >= 4 is 0 Å². The Kier molecular flexibility index (Phi) is 2.89. The van der Waals surface area contributed by atoms with E-state index in [0.29, 0.717) is 6.04 Å². The van der Waals surface area contributed by atoms with Crippen LogP contribution in [0.2, 0.25) is 0 Å². The molecule has 0 radical (unpaired) electrons. The van der Waals surface area contributed by atoms with Gasteiger partial charge in [0.2, 0.25) is 0 Å². The highest BCUT2D eigenvalue weighted by Gasteiger charge is 2.32. The molecule has 0 aromatic carbocycles. The molecule has 2 heteroatoms. The van der Waals surface area contributed by atoms with E-state index in [4.69, 9.17) is 5.73 Å². The fourth-order valence-corrected chi connectivity index (χ4v) is 3.03. The van der Waals surface area contributed by atoms with Crippen molar-refractivity contribution in [3.8, 4) is 0 Å². The van der Waals surface area contributed by atoms with Crippen molar-refractivity contribution in [2.24, 2.45) is 17.6 Å². The van der Waals surface area contributed by atoms with Crippen molar-refractivity contribution in [1.29, 1.82) is 0 Å². The van der Waals surface area contributed by atoms with Gasteiger partial charge in [-0.2, -0.15) is 0 Å². The molecule has 3 atom stereocenters. The highest BCUT2D eigenvalue weighted by Crippen LogP contribution is 2.35. The van der Waals surface area contributed by atoms with Gasteiger partial charge in [-0.25, -0.2) is 0 Å². The Morgan fingerprint density at radius 1 is 1.23 bits per heavy atom. The summed E-state index contributed by atoms with van der Waals surface area (Å²) in [4.78, 5) is 2.58. The summed E-state index contributed by atoms with van der Waals surface area (Å²) in [6.45, 7) is 6.13. The van der Waals surface area contributed by atoms with Crippen LogP contribution in [-0.4, -0.2) is 30.6 Å². The zero-order valence-corrected chi connectivity index (χ0v) is 8.71. The second-order valence-corrected chi connectivity index (χ2v) is 4.78. The summed E-state index contributed by atoms with van der Waals surface area (Å²) >= 11 is 0. The summed E-state index contributed by atoms with van der Waals surface area (Å²) in [7, 11) is 0. The molecule has 76 valence electrons. The fraction of sp³-hybridized carbons (Fsp3) is 1.00. The quantitative estimate of drug-likeness (QED) is 0.665. The third kappa shape index (κ3) is 2.05. The molecule has 1 aliphatic heterocycles. The van der Waals surface area contributed by atoms with Crippen LogP contribution in [0.5, 0.6) is 0 Å². The minimum Gasteiger partial charge on any atom is -0.328 e. The van der Waals surface area contributed by atoms with Crippen LogP contribution in [0.25, 0.3) is 0 Å². The molecule has 1 saturated heterocycles. The third-order valence-corrected chi connectivity index (χ3v) is 3.94. The van der Waals surface area contributed by atoms with Gasteiger partial charge in [0.15, 0.2) is 0 Å². The molecular formula is C11H22N2. The number of hydrogen-bond acceptors (Lipinski definition) is 2. The number of nitrogens with two attached hydrogens (primary N) is 1. The van der Waals surface area contributed by atoms with Gasteiger partial charge in [0.25, 0.3) is 0 Å². The number of rotatable bonds is 1. The summed E-state index contributed by atoms with van der Waals surface area (Å²) in [6, 6.07) is 0.498. The van der Waals surface area contributed by atoms with Gasteiger partial charge in [-0.15, -0.1) is 0 Å². The maximum atomic E-state index is 6.01. The predicted molar refractivity (Wildman–Crippen MR) is 55.5 cm³/mol. The Hall–Kier alpha value is -0.0800. The Labute approximate surface area is 81.5 Å². The first kappa shape index (κ1) is 9.47. The van der Waals surface area contributed by atoms with E-state index >= 15 is 0 Å². The lowest BCUT2D eigenvalue weighted by molar-refractivity contribution is 0.0834. The molecule has 2 N–H and O–H groups in total. The van der Waals surface area contributed by atoms with Crippen LogP contribution in [0, 0.1) is 11.8 Å². The molecule has 0 spiro atoms. The predicted octanol–water partition coefficient (Wildman–Crippen LogP) is 1.46. The lowest BCUT2D eigenvalue weighted by Crippen LogP contribution is -2.45.